The number of rotatable bonds is 4. The van der Waals surface area contributed by atoms with Gasteiger partial charge in [0.25, 0.3) is 5.91 Å². The molecule has 21 heavy (non-hydrogen) atoms. The van der Waals surface area contributed by atoms with Gasteiger partial charge in [0, 0.05) is 36.9 Å². The van der Waals surface area contributed by atoms with E-state index in [9.17, 15) is 4.79 Å². The molecule has 0 aliphatic carbocycles. The van der Waals surface area contributed by atoms with Crippen molar-refractivity contribution in [3.63, 3.8) is 0 Å². The molecular weight excluding hydrogens is 264 g/mol. The lowest BCUT2D eigenvalue weighted by Crippen LogP contribution is -2.22. The van der Waals surface area contributed by atoms with Gasteiger partial charge in [-0.05, 0) is 42.0 Å². The van der Waals surface area contributed by atoms with Crippen LogP contribution in [-0.2, 0) is 6.54 Å². The molecule has 0 unspecified atom stereocenters. The molecule has 1 N–H and O–H groups in total. The van der Waals surface area contributed by atoms with Crippen molar-refractivity contribution in [2.45, 2.75) is 6.54 Å². The van der Waals surface area contributed by atoms with E-state index in [0.29, 0.717) is 12.1 Å². The second-order valence-corrected chi connectivity index (χ2v) is 4.54. The van der Waals surface area contributed by atoms with Crippen LogP contribution in [0.1, 0.15) is 15.9 Å². The summed E-state index contributed by atoms with van der Waals surface area (Å²) in [4.78, 5) is 16.1. The summed E-state index contributed by atoms with van der Waals surface area (Å²) in [5, 5.41) is 7.01. The molecule has 5 heteroatoms. The Morgan fingerprint density at radius 1 is 1.10 bits per heavy atom. The average Bonchev–Trinajstić information content (AvgIpc) is 3.08. The van der Waals surface area contributed by atoms with Gasteiger partial charge in [0.2, 0.25) is 0 Å². The Kier molecular flexibility index (Phi) is 3.73. The summed E-state index contributed by atoms with van der Waals surface area (Å²) >= 11 is 0. The lowest BCUT2D eigenvalue weighted by Gasteiger charge is -2.06. The highest BCUT2D eigenvalue weighted by Crippen LogP contribution is 2.08. The van der Waals surface area contributed by atoms with Crippen molar-refractivity contribution in [1.29, 1.82) is 0 Å². The lowest BCUT2D eigenvalue weighted by molar-refractivity contribution is 0.0951. The van der Waals surface area contributed by atoms with Crippen LogP contribution in [0.25, 0.3) is 5.69 Å². The van der Waals surface area contributed by atoms with Gasteiger partial charge in [-0.3, -0.25) is 9.78 Å². The number of carbonyl (C=O) groups excluding carboxylic acids is 1. The number of amides is 1. The van der Waals surface area contributed by atoms with Gasteiger partial charge < -0.3 is 5.32 Å². The van der Waals surface area contributed by atoms with E-state index in [-0.39, 0.29) is 5.91 Å². The highest BCUT2D eigenvalue weighted by Gasteiger charge is 2.05. The van der Waals surface area contributed by atoms with Crippen molar-refractivity contribution >= 4 is 5.91 Å². The summed E-state index contributed by atoms with van der Waals surface area (Å²) in [6.45, 7) is 0.466. The first-order valence-corrected chi connectivity index (χ1v) is 6.60. The molecule has 1 amide bonds. The smallest absolute Gasteiger partial charge is 0.251 e. The van der Waals surface area contributed by atoms with Crippen molar-refractivity contribution in [2.24, 2.45) is 0 Å². The van der Waals surface area contributed by atoms with E-state index < -0.39 is 0 Å². The zero-order valence-corrected chi connectivity index (χ0v) is 11.3. The Morgan fingerprint density at radius 2 is 1.95 bits per heavy atom. The number of hydrogen-bond donors (Lipinski definition) is 1. The number of carbonyl (C=O) groups is 1. The fourth-order valence-corrected chi connectivity index (χ4v) is 1.97. The molecule has 3 rings (SSSR count). The van der Waals surface area contributed by atoms with Crippen molar-refractivity contribution in [1.82, 2.24) is 20.1 Å². The second-order valence-electron chi connectivity index (χ2n) is 4.54. The summed E-state index contributed by atoms with van der Waals surface area (Å²) in [6, 6.07) is 12.9. The molecule has 2 aromatic heterocycles. The molecule has 2 heterocycles. The minimum absolute atomic E-state index is 0.106. The van der Waals surface area contributed by atoms with Crippen LogP contribution in [-0.4, -0.2) is 20.7 Å². The van der Waals surface area contributed by atoms with Crippen molar-refractivity contribution in [3.8, 4) is 5.69 Å². The topological polar surface area (TPSA) is 59.8 Å². The quantitative estimate of drug-likeness (QED) is 0.796. The van der Waals surface area contributed by atoms with Gasteiger partial charge in [0.1, 0.15) is 0 Å². The van der Waals surface area contributed by atoms with E-state index in [0.717, 1.165) is 11.3 Å². The van der Waals surface area contributed by atoms with Crippen LogP contribution >= 0.6 is 0 Å². The third-order valence-electron chi connectivity index (χ3n) is 3.07. The summed E-state index contributed by atoms with van der Waals surface area (Å²) in [5.74, 6) is -0.106. The SMILES string of the molecule is O=C(NCc1cccnc1)c1ccc(-n2cccn2)cc1. The van der Waals surface area contributed by atoms with E-state index in [1.165, 1.54) is 0 Å². The van der Waals surface area contributed by atoms with E-state index >= 15 is 0 Å². The number of hydrogen-bond acceptors (Lipinski definition) is 3. The second kappa shape index (κ2) is 6.00. The molecule has 0 aliphatic rings. The Morgan fingerprint density at radius 3 is 2.62 bits per heavy atom. The van der Waals surface area contributed by atoms with E-state index in [1.54, 1.807) is 35.4 Å². The molecule has 3 aromatic rings. The van der Waals surface area contributed by atoms with Gasteiger partial charge in [0.05, 0.1) is 5.69 Å². The van der Waals surface area contributed by atoms with Gasteiger partial charge >= 0.3 is 0 Å². The van der Waals surface area contributed by atoms with Crippen LogP contribution in [0.2, 0.25) is 0 Å². The average molecular weight is 278 g/mol. The van der Waals surface area contributed by atoms with Crippen LogP contribution in [0.5, 0.6) is 0 Å². The minimum Gasteiger partial charge on any atom is -0.348 e. The molecule has 5 nitrogen and oxygen atoms in total. The standard InChI is InChI=1S/C16H14N4O/c21-16(18-12-13-3-1-8-17-11-13)14-4-6-15(7-5-14)20-10-2-9-19-20/h1-11H,12H2,(H,18,21). The molecule has 1 aromatic carbocycles. The molecule has 0 saturated heterocycles. The molecule has 104 valence electrons. The fourth-order valence-electron chi connectivity index (χ4n) is 1.97. The maximum Gasteiger partial charge on any atom is 0.251 e. The third-order valence-corrected chi connectivity index (χ3v) is 3.07. The number of nitrogens with zero attached hydrogens (tertiary/aromatic N) is 3. The van der Waals surface area contributed by atoms with Crippen LogP contribution in [0.3, 0.4) is 0 Å². The summed E-state index contributed by atoms with van der Waals surface area (Å²) < 4.78 is 1.75. The Hall–Kier alpha value is -2.95. The highest BCUT2D eigenvalue weighted by atomic mass is 16.1. The van der Waals surface area contributed by atoms with Gasteiger partial charge in [-0.25, -0.2) is 4.68 Å². The van der Waals surface area contributed by atoms with Crippen molar-refractivity contribution < 1.29 is 4.79 Å². The summed E-state index contributed by atoms with van der Waals surface area (Å²) in [6.07, 6.45) is 7.02. The monoisotopic (exact) mass is 278 g/mol. The molecule has 0 saturated carbocycles. The first-order valence-electron chi connectivity index (χ1n) is 6.60. The fraction of sp³-hybridized carbons (Fsp3) is 0.0625. The number of aromatic nitrogens is 3. The normalized spacial score (nSPS) is 10.3. The molecule has 0 bridgehead atoms. The molecular formula is C16H14N4O. The van der Waals surface area contributed by atoms with Gasteiger partial charge in [-0.1, -0.05) is 6.07 Å². The zero-order valence-electron chi connectivity index (χ0n) is 11.3. The minimum atomic E-state index is -0.106. The van der Waals surface area contributed by atoms with Crippen LogP contribution in [0.15, 0.2) is 67.3 Å². The molecule has 0 spiro atoms. The molecule has 0 atom stereocenters. The van der Waals surface area contributed by atoms with Gasteiger partial charge in [-0.15, -0.1) is 0 Å². The van der Waals surface area contributed by atoms with Gasteiger partial charge in [-0.2, -0.15) is 5.10 Å². The maximum atomic E-state index is 12.1. The highest BCUT2D eigenvalue weighted by molar-refractivity contribution is 5.94. The number of nitrogens with one attached hydrogen (secondary N) is 1. The first-order chi connectivity index (χ1) is 10.3. The summed E-state index contributed by atoms with van der Waals surface area (Å²) in [5.41, 5.74) is 2.51. The maximum absolute atomic E-state index is 12.1. The zero-order chi connectivity index (χ0) is 14.5. The Labute approximate surface area is 122 Å². The van der Waals surface area contributed by atoms with Crippen LogP contribution < -0.4 is 5.32 Å². The largest absolute Gasteiger partial charge is 0.348 e. The van der Waals surface area contributed by atoms with Crippen LogP contribution in [0, 0.1) is 0 Å². The van der Waals surface area contributed by atoms with Crippen LogP contribution in [0.4, 0.5) is 0 Å². The lowest BCUT2D eigenvalue weighted by atomic mass is 10.2. The number of pyridine rings is 1. The van der Waals surface area contributed by atoms with Gasteiger partial charge in [0.15, 0.2) is 0 Å². The molecule has 0 fully saturated rings. The first kappa shape index (κ1) is 13.1. The number of benzene rings is 1. The summed E-state index contributed by atoms with van der Waals surface area (Å²) in [7, 11) is 0. The van der Waals surface area contributed by atoms with E-state index in [2.05, 4.69) is 15.4 Å². The van der Waals surface area contributed by atoms with Crippen molar-refractivity contribution in [2.75, 3.05) is 0 Å². The molecule has 0 aliphatic heterocycles. The Bertz CT molecular complexity index is 706. The Balaban J connectivity index is 1.65. The van der Waals surface area contributed by atoms with E-state index in [4.69, 9.17) is 0 Å². The predicted octanol–water partition coefficient (Wildman–Crippen LogP) is 2.20. The van der Waals surface area contributed by atoms with Crippen molar-refractivity contribution in [3.05, 3.63) is 78.4 Å². The van der Waals surface area contributed by atoms with E-state index in [1.807, 2.05) is 36.5 Å². The third kappa shape index (κ3) is 3.14. The predicted molar refractivity (Wildman–Crippen MR) is 79.0 cm³/mol. The molecule has 0 radical (unpaired) electrons.